The molecule has 1 fully saturated rings. The monoisotopic (exact) mass is 432 g/mol. The summed E-state index contributed by atoms with van der Waals surface area (Å²) >= 11 is 0. The summed E-state index contributed by atoms with van der Waals surface area (Å²) in [6.45, 7) is 4.86. The van der Waals surface area contributed by atoms with Gasteiger partial charge in [0.2, 0.25) is 15.9 Å². The van der Waals surface area contributed by atoms with Gasteiger partial charge in [-0.1, -0.05) is 6.07 Å². The minimum atomic E-state index is -3.68. The summed E-state index contributed by atoms with van der Waals surface area (Å²) < 4.78 is 38.2. The molecule has 1 N–H and O–H groups in total. The third-order valence-electron chi connectivity index (χ3n) is 5.14. The molecule has 2 aromatic rings. The molecule has 3 rings (SSSR count). The standard InChI is InChI=1S/C22H28N2O5S/c1-4-29-18-8-10-19(11-9-18)30(26,27)24-13-5-6-17(15-24)22(25)23-20-14-16(2)7-12-21(20)28-3/h7-12,14,17H,4-6,13,15H2,1-3H3,(H,23,25). The lowest BCUT2D eigenvalue weighted by molar-refractivity contribution is -0.120. The number of hydrogen-bond donors (Lipinski definition) is 1. The Kier molecular flexibility index (Phi) is 6.99. The molecule has 1 atom stereocenters. The summed E-state index contributed by atoms with van der Waals surface area (Å²) in [6.07, 6.45) is 1.26. The lowest BCUT2D eigenvalue weighted by Crippen LogP contribution is -2.43. The molecule has 1 amide bonds. The summed E-state index contributed by atoms with van der Waals surface area (Å²) in [4.78, 5) is 13.1. The number of nitrogens with zero attached hydrogens (tertiary/aromatic N) is 1. The Morgan fingerprint density at radius 1 is 1.20 bits per heavy atom. The van der Waals surface area contributed by atoms with Gasteiger partial charge in [-0.25, -0.2) is 8.42 Å². The average molecular weight is 433 g/mol. The Hall–Kier alpha value is -2.58. The second-order valence-corrected chi connectivity index (χ2v) is 9.24. The number of methoxy groups -OCH3 is 1. The van der Waals surface area contributed by atoms with Crippen LogP contribution in [0.4, 0.5) is 5.69 Å². The molecule has 1 heterocycles. The first-order chi connectivity index (χ1) is 14.3. The molecule has 30 heavy (non-hydrogen) atoms. The molecule has 1 unspecified atom stereocenters. The van der Waals surface area contributed by atoms with Crippen LogP contribution in [0.15, 0.2) is 47.4 Å². The zero-order chi connectivity index (χ0) is 21.7. The Morgan fingerprint density at radius 3 is 2.60 bits per heavy atom. The van der Waals surface area contributed by atoms with Crippen LogP contribution in [0.25, 0.3) is 0 Å². The van der Waals surface area contributed by atoms with E-state index in [9.17, 15) is 13.2 Å². The number of benzene rings is 2. The van der Waals surface area contributed by atoms with E-state index >= 15 is 0 Å². The van der Waals surface area contributed by atoms with E-state index in [1.54, 1.807) is 37.4 Å². The van der Waals surface area contributed by atoms with Gasteiger partial charge >= 0.3 is 0 Å². The van der Waals surface area contributed by atoms with Gasteiger partial charge < -0.3 is 14.8 Å². The van der Waals surface area contributed by atoms with Crippen LogP contribution < -0.4 is 14.8 Å². The molecule has 1 aliphatic rings. The zero-order valence-corrected chi connectivity index (χ0v) is 18.4. The second-order valence-electron chi connectivity index (χ2n) is 7.30. The number of amides is 1. The molecule has 0 saturated carbocycles. The minimum absolute atomic E-state index is 0.148. The van der Waals surface area contributed by atoms with Crippen molar-refractivity contribution in [3.8, 4) is 11.5 Å². The molecule has 0 aromatic heterocycles. The van der Waals surface area contributed by atoms with E-state index in [1.807, 2.05) is 26.0 Å². The van der Waals surface area contributed by atoms with Crippen molar-refractivity contribution in [3.05, 3.63) is 48.0 Å². The smallest absolute Gasteiger partial charge is 0.243 e. The molecule has 8 heteroatoms. The molecule has 162 valence electrons. The third kappa shape index (κ3) is 4.94. The van der Waals surface area contributed by atoms with Crippen LogP contribution in [-0.2, 0) is 14.8 Å². The van der Waals surface area contributed by atoms with Gasteiger partial charge in [0, 0.05) is 13.1 Å². The Morgan fingerprint density at radius 2 is 1.93 bits per heavy atom. The number of anilines is 1. The molecule has 0 bridgehead atoms. The predicted octanol–water partition coefficient (Wildman–Crippen LogP) is 3.44. The topological polar surface area (TPSA) is 84.9 Å². The van der Waals surface area contributed by atoms with Crippen molar-refractivity contribution in [1.82, 2.24) is 4.31 Å². The van der Waals surface area contributed by atoms with Crippen LogP contribution >= 0.6 is 0 Å². The van der Waals surface area contributed by atoms with Crippen LogP contribution in [0.1, 0.15) is 25.3 Å². The number of piperidine rings is 1. The number of sulfonamides is 1. The van der Waals surface area contributed by atoms with Crippen LogP contribution in [0.3, 0.4) is 0 Å². The van der Waals surface area contributed by atoms with E-state index in [0.717, 1.165) is 5.56 Å². The molecule has 0 radical (unpaired) electrons. The maximum Gasteiger partial charge on any atom is 0.243 e. The van der Waals surface area contributed by atoms with Crippen molar-refractivity contribution < 1.29 is 22.7 Å². The molecule has 1 saturated heterocycles. The number of nitrogens with one attached hydrogen (secondary N) is 1. The lowest BCUT2D eigenvalue weighted by atomic mass is 9.98. The first-order valence-electron chi connectivity index (χ1n) is 10.0. The number of ether oxygens (including phenoxy) is 2. The van der Waals surface area contributed by atoms with Crippen molar-refractivity contribution in [3.63, 3.8) is 0 Å². The Labute approximate surface area is 178 Å². The van der Waals surface area contributed by atoms with Crippen molar-refractivity contribution >= 4 is 21.6 Å². The van der Waals surface area contributed by atoms with Crippen LogP contribution in [0.2, 0.25) is 0 Å². The summed E-state index contributed by atoms with van der Waals surface area (Å²) in [5, 5.41) is 2.90. The van der Waals surface area contributed by atoms with Crippen LogP contribution in [0.5, 0.6) is 11.5 Å². The molecular formula is C22H28N2O5S. The number of carbonyl (C=O) groups excluding carboxylic acids is 1. The van der Waals surface area contributed by atoms with Crippen molar-refractivity contribution in [2.24, 2.45) is 5.92 Å². The summed E-state index contributed by atoms with van der Waals surface area (Å²) in [7, 11) is -2.13. The van der Waals surface area contributed by atoms with Gasteiger partial charge in [-0.3, -0.25) is 4.79 Å². The molecule has 0 aliphatic carbocycles. The lowest BCUT2D eigenvalue weighted by Gasteiger charge is -2.31. The summed E-state index contributed by atoms with van der Waals surface area (Å²) in [5.41, 5.74) is 1.59. The molecule has 0 spiro atoms. The number of carbonyl (C=O) groups is 1. The summed E-state index contributed by atoms with van der Waals surface area (Å²) in [6, 6.07) is 11.9. The van der Waals surface area contributed by atoms with E-state index in [2.05, 4.69) is 5.32 Å². The predicted molar refractivity (Wildman–Crippen MR) is 115 cm³/mol. The zero-order valence-electron chi connectivity index (χ0n) is 17.6. The van der Waals surface area contributed by atoms with Crippen LogP contribution in [-0.4, -0.2) is 45.4 Å². The summed E-state index contributed by atoms with van der Waals surface area (Å²) in [5.74, 6) is 0.565. The maximum absolute atomic E-state index is 13.1. The first-order valence-corrected chi connectivity index (χ1v) is 11.5. The van der Waals surface area contributed by atoms with E-state index in [-0.39, 0.29) is 17.3 Å². The fraction of sp³-hybridized carbons (Fsp3) is 0.409. The number of rotatable bonds is 7. The highest BCUT2D eigenvalue weighted by Crippen LogP contribution is 2.29. The van der Waals surface area contributed by atoms with E-state index in [4.69, 9.17) is 9.47 Å². The quantitative estimate of drug-likeness (QED) is 0.724. The average Bonchev–Trinajstić information content (AvgIpc) is 2.74. The van der Waals surface area contributed by atoms with Gasteiger partial charge in [0.25, 0.3) is 0 Å². The molecule has 1 aliphatic heterocycles. The van der Waals surface area contributed by atoms with Gasteiger partial charge in [-0.15, -0.1) is 0 Å². The highest BCUT2D eigenvalue weighted by atomic mass is 32.2. The van der Waals surface area contributed by atoms with Crippen molar-refractivity contribution in [1.29, 1.82) is 0 Å². The van der Waals surface area contributed by atoms with Gasteiger partial charge in [-0.05, 0) is 68.7 Å². The number of hydrogen-bond acceptors (Lipinski definition) is 5. The Bertz CT molecular complexity index is 989. The van der Waals surface area contributed by atoms with Gasteiger partial charge in [0.15, 0.2) is 0 Å². The van der Waals surface area contributed by atoms with E-state index in [0.29, 0.717) is 43.2 Å². The normalized spacial score (nSPS) is 17.4. The number of aryl methyl sites for hydroxylation is 1. The van der Waals surface area contributed by atoms with Crippen LogP contribution in [0, 0.1) is 12.8 Å². The van der Waals surface area contributed by atoms with E-state index in [1.165, 1.54) is 4.31 Å². The fourth-order valence-corrected chi connectivity index (χ4v) is 5.08. The first kappa shape index (κ1) is 22.1. The largest absolute Gasteiger partial charge is 0.495 e. The van der Waals surface area contributed by atoms with Crippen molar-refractivity contribution in [2.45, 2.75) is 31.6 Å². The highest BCUT2D eigenvalue weighted by molar-refractivity contribution is 7.89. The maximum atomic E-state index is 13.1. The highest BCUT2D eigenvalue weighted by Gasteiger charge is 2.33. The molecule has 7 nitrogen and oxygen atoms in total. The Balaban J connectivity index is 1.73. The molecular weight excluding hydrogens is 404 g/mol. The SMILES string of the molecule is CCOc1ccc(S(=O)(=O)N2CCCC(C(=O)Nc3cc(C)ccc3OC)C2)cc1. The minimum Gasteiger partial charge on any atom is -0.495 e. The van der Waals surface area contributed by atoms with Gasteiger partial charge in [0.1, 0.15) is 11.5 Å². The van der Waals surface area contributed by atoms with Gasteiger partial charge in [-0.2, -0.15) is 4.31 Å². The second kappa shape index (κ2) is 9.49. The third-order valence-corrected chi connectivity index (χ3v) is 7.02. The van der Waals surface area contributed by atoms with Crippen molar-refractivity contribution in [2.75, 3.05) is 32.1 Å². The molecule has 2 aromatic carbocycles. The fourth-order valence-electron chi connectivity index (χ4n) is 3.55. The van der Waals surface area contributed by atoms with Gasteiger partial charge in [0.05, 0.1) is 30.2 Å². The van der Waals surface area contributed by atoms with E-state index < -0.39 is 15.9 Å².